The number of anilines is 3. The molecule has 0 atom stereocenters. The number of carbonyl (C=O) groups excluding carboxylic acids is 1. The molecule has 0 aliphatic rings. The zero-order chi connectivity index (χ0) is 21.6. The summed E-state index contributed by atoms with van der Waals surface area (Å²) in [4.78, 5) is 33.5. The van der Waals surface area contributed by atoms with E-state index in [2.05, 4.69) is 16.0 Å². The van der Waals surface area contributed by atoms with Gasteiger partial charge < -0.3 is 21.1 Å². The summed E-state index contributed by atoms with van der Waals surface area (Å²) in [6.45, 7) is 3.23. The molecule has 0 saturated heterocycles. The van der Waals surface area contributed by atoms with Crippen LogP contribution in [0.3, 0.4) is 0 Å². The first kappa shape index (κ1) is 21.6. The van der Waals surface area contributed by atoms with Crippen molar-refractivity contribution >= 4 is 34.3 Å². The molecule has 0 aromatic heterocycles. The zero-order valence-electron chi connectivity index (χ0n) is 15.9. The third kappa shape index (κ3) is 5.39. The summed E-state index contributed by atoms with van der Waals surface area (Å²) in [5.41, 5.74) is 1.84. The number of aliphatic hydroxyl groups excluding tert-OH is 1. The first-order chi connectivity index (χ1) is 13.7. The molecule has 2 rings (SSSR count). The Morgan fingerprint density at radius 3 is 2.38 bits per heavy atom. The fourth-order valence-electron chi connectivity index (χ4n) is 2.61. The van der Waals surface area contributed by atoms with Gasteiger partial charge in [-0.15, -0.1) is 0 Å². The van der Waals surface area contributed by atoms with Gasteiger partial charge >= 0.3 is 0 Å². The van der Waals surface area contributed by atoms with E-state index >= 15 is 0 Å². The Morgan fingerprint density at radius 2 is 1.76 bits per heavy atom. The van der Waals surface area contributed by atoms with Crippen LogP contribution in [0.2, 0.25) is 0 Å². The highest BCUT2D eigenvalue weighted by molar-refractivity contribution is 5.97. The average molecular weight is 403 g/mol. The highest BCUT2D eigenvalue weighted by Gasteiger charge is 2.19. The Bertz CT molecular complexity index is 947. The average Bonchev–Trinajstić information content (AvgIpc) is 2.68. The molecule has 0 spiro atoms. The number of nitrogens with zero attached hydrogens (tertiary/aromatic N) is 2. The van der Waals surface area contributed by atoms with Gasteiger partial charge in [0.15, 0.2) is 0 Å². The van der Waals surface area contributed by atoms with Gasteiger partial charge in [0.25, 0.3) is 11.4 Å². The lowest BCUT2D eigenvalue weighted by atomic mass is 10.1. The van der Waals surface area contributed by atoms with Gasteiger partial charge in [0, 0.05) is 24.7 Å². The third-order valence-corrected chi connectivity index (χ3v) is 4.26. The maximum atomic E-state index is 12.4. The highest BCUT2D eigenvalue weighted by Crippen LogP contribution is 2.30. The number of hydrogen-bond acceptors (Lipinski definition) is 8. The maximum absolute atomic E-state index is 12.4. The third-order valence-electron chi connectivity index (χ3n) is 4.26. The number of aliphatic hydroxyl groups is 1. The van der Waals surface area contributed by atoms with Gasteiger partial charge in [-0.05, 0) is 31.0 Å². The lowest BCUT2D eigenvalue weighted by Crippen LogP contribution is -2.23. The summed E-state index contributed by atoms with van der Waals surface area (Å²) in [6, 6.07) is 6.94. The van der Waals surface area contributed by atoms with Crippen LogP contribution in [0.5, 0.6) is 0 Å². The first-order valence-electron chi connectivity index (χ1n) is 8.66. The number of carbonyl (C=O) groups is 1. The summed E-state index contributed by atoms with van der Waals surface area (Å²) in [6.07, 6.45) is 0. The second-order valence-corrected chi connectivity index (χ2v) is 6.20. The molecule has 2 aromatic carbocycles. The molecule has 29 heavy (non-hydrogen) atoms. The van der Waals surface area contributed by atoms with Crippen molar-refractivity contribution in [3.05, 3.63) is 61.7 Å². The van der Waals surface area contributed by atoms with Crippen molar-refractivity contribution in [1.82, 2.24) is 0 Å². The van der Waals surface area contributed by atoms with Gasteiger partial charge in [0.1, 0.15) is 5.69 Å². The quantitative estimate of drug-likeness (QED) is 0.367. The van der Waals surface area contributed by atoms with Crippen LogP contribution in [-0.4, -0.2) is 40.6 Å². The van der Waals surface area contributed by atoms with Gasteiger partial charge in [-0.25, -0.2) is 0 Å². The van der Waals surface area contributed by atoms with E-state index in [0.717, 1.165) is 5.56 Å². The minimum absolute atomic E-state index is 0.111. The van der Waals surface area contributed by atoms with Crippen LogP contribution >= 0.6 is 0 Å². The van der Waals surface area contributed by atoms with E-state index in [9.17, 15) is 25.0 Å². The molecule has 11 heteroatoms. The van der Waals surface area contributed by atoms with Gasteiger partial charge in [0.2, 0.25) is 5.91 Å². The van der Waals surface area contributed by atoms with Crippen LogP contribution < -0.4 is 16.0 Å². The molecule has 4 N–H and O–H groups in total. The van der Waals surface area contributed by atoms with Crippen molar-refractivity contribution in [2.75, 3.05) is 35.6 Å². The number of benzene rings is 2. The zero-order valence-corrected chi connectivity index (χ0v) is 15.9. The Morgan fingerprint density at radius 1 is 1.03 bits per heavy atom. The number of hydrogen-bond donors (Lipinski definition) is 4. The van der Waals surface area contributed by atoms with E-state index in [1.165, 1.54) is 24.3 Å². The number of rotatable bonds is 9. The van der Waals surface area contributed by atoms with Gasteiger partial charge in [0.05, 0.1) is 34.4 Å². The second kappa shape index (κ2) is 9.46. The Hall–Kier alpha value is -3.73. The highest BCUT2D eigenvalue weighted by atomic mass is 16.6. The summed E-state index contributed by atoms with van der Waals surface area (Å²) in [5.74, 6) is -0.554. The van der Waals surface area contributed by atoms with E-state index in [1.54, 1.807) is 19.9 Å². The van der Waals surface area contributed by atoms with E-state index in [-0.39, 0.29) is 36.8 Å². The Kier molecular flexibility index (Phi) is 7.04. The van der Waals surface area contributed by atoms with Crippen LogP contribution in [0.1, 0.15) is 11.1 Å². The molecule has 11 nitrogen and oxygen atoms in total. The van der Waals surface area contributed by atoms with Crippen LogP contribution in [0.15, 0.2) is 30.3 Å². The predicted octanol–water partition coefficient (Wildman–Crippen LogP) is 2.57. The van der Waals surface area contributed by atoms with Crippen molar-refractivity contribution < 1.29 is 19.7 Å². The van der Waals surface area contributed by atoms with Crippen LogP contribution in [0.4, 0.5) is 28.4 Å². The molecule has 0 heterocycles. The van der Waals surface area contributed by atoms with E-state index in [0.29, 0.717) is 16.9 Å². The smallest absolute Gasteiger partial charge is 0.293 e. The molecule has 154 valence electrons. The largest absolute Gasteiger partial charge is 0.395 e. The number of nitro groups is 2. The lowest BCUT2D eigenvalue weighted by Gasteiger charge is -2.14. The van der Waals surface area contributed by atoms with Gasteiger partial charge in [-0.2, -0.15) is 0 Å². The van der Waals surface area contributed by atoms with Gasteiger partial charge in [-0.1, -0.05) is 6.07 Å². The number of nitrogens with one attached hydrogen (secondary N) is 3. The molecule has 0 saturated carbocycles. The second-order valence-electron chi connectivity index (χ2n) is 6.20. The predicted molar refractivity (Wildman–Crippen MR) is 108 cm³/mol. The molecular formula is C18H21N5O6. The topological polar surface area (TPSA) is 160 Å². The monoisotopic (exact) mass is 403 g/mol. The van der Waals surface area contributed by atoms with E-state index in [1.807, 2.05) is 0 Å². The Labute approximate surface area is 166 Å². The molecule has 0 aliphatic heterocycles. The van der Waals surface area contributed by atoms with Crippen molar-refractivity contribution in [3.63, 3.8) is 0 Å². The molecule has 0 fully saturated rings. The molecule has 2 aromatic rings. The van der Waals surface area contributed by atoms with Crippen molar-refractivity contribution in [2.45, 2.75) is 13.8 Å². The minimum atomic E-state index is -0.576. The molecular weight excluding hydrogens is 382 g/mol. The minimum Gasteiger partial charge on any atom is -0.395 e. The maximum Gasteiger partial charge on any atom is 0.293 e. The molecule has 0 unspecified atom stereocenters. The Balaban J connectivity index is 2.19. The molecule has 0 radical (unpaired) electrons. The number of amides is 1. The standard InChI is InChI=1S/C18H21N5O6/c1-11-3-6-16(23(28)29)18(12(11)2)21-17(25)10-20-15-9-13(22(26)27)4-5-14(15)19-7-8-24/h3-6,9,19-20,24H,7-8,10H2,1-2H3,(H,21,25). The number of nitro benzene ring substituents is 2. The summed E-state index contributed by atoms with van der Waals surface area (Å²) in [7, 11) is 0. The fraction of sp³-hybridized carbons (Fsp3) is 0.278. The van der Waals surface area contributed by atoms with Gasteiger partial charge in [-0.3, -0.25) is 25.0 Å². The molecule has 1 amide bonds. The summed E-state index contributed by atoms with van der Waals surface area (Å²) < 4.78 is 0. The van der Waals surface area contributed by atoms with Crippen LogP contribution in [0.25, 0.3) is 0 Å². The molecule has 0 aliphatic carbocycles. The normalized spacial score (nSPS) is 10.3. The van der Waals surface area contributed by atoms with Crippen LogP contribution in [-0.2, 0) is 4.79 Å². The van der Waals surface area contributed by atoms with Crippen molar-refractivity contribution in [3.8, 4) is 0 Å². The number of non-ortho nitro benzene ring substituents is 1. The van der Waals surface area contributed by atoms with E-state index < -0.39 is 15.8 Å². The summed E-state index contributed by atoms with van der Waals surface area (Å²) in [5, 5.41) is 39.4. The van der Waals surface area contributed by atoms with E-state index in [4.69, 9.17) is 5.11 Å². The SMILES string of the molecule is Cc1ccc([N+](=O)[O-])c(NC(=O)CNc2cc([N+](=O)[O-])ccc2NCCO)c1C. The lowest BCUT2D eigenvalue weighted by molar-refractivity contribution is -0.384. The van der Waals surface area contributed by atoms with Crippen molar-refractivity contribution in [1.29, 1.82) is 0 Å². The summed E-state index contributed by atoms with van der Waals surface area (Å²) >= 11 is 0. The molecule has 0 bridgehead atoms. The fourth-order valence-corrected chi connectivity index (χ4v) is 2.61. The first-order valence-corrected chi connectivity index (χ1v) is 8.66. The number of aryl methyl sites for hydroxylation is 1. The van der Waals surface area contributed by atoms with Crippen molar-refractivity contribution in [2.24, 2.45) is 0 Å². The van der Waals surface area contributed by atoms with Crippen LogP contribution in [0, 0.1) is 34.1 Å².